The van der Waals surface area contributed by atoms with E-state index >= 15 is 0 Å². The van der Waals surface area contributed by atoms with E-state index in [0.29, 0.717) is 10.6 Å². The monoisotopic (exact) mass is 449 g/mol. The number of carbonyl (C=O) groups excluding carboxylic acids is 2. The molecule has 1 saturated heterocycles. The van der Waals surface area contributed by atoms with Crippen LogP contribution in [0.25, 0.3) is 10.6 Å². The summed E-state index contributed by atoms with van der Waals surface area (Å²) in [6, 6.07) is 20.1. The molecule has 32 heavy (non-hydrogen) atoms. The van der Waals surface area contributed by atoms with Crippen LogP contribution >= 0.6 is 11.3 Å². The van der Waals surface area contributed by atoms with Gasteiger partial charge in [-0.15, -0.1) is 11.3 Å². The van der Waals surface area contributed by atoms with Gasteiger partial charge in [-0.3, -0.25) is 30.2 Å². The van der Waals surface area contributed by atoms with Crippen molar-refractivity contribution >= 4 is 23.2 Å². The van der Waals surface area contributed by atoms with Crippen LogP contribution in [0.3, 0.4) is 0 Å². The van der Waals surface area contributed by atoms with Gasteiger partial charge in [0.2, 0.25) is 0 Å². The summed E-state index contributed by atoms with van der Waals surface area (Å²) in [6.45, 7) is 6.46. The number of nitrogens with one attached hydrogen (secondary N) is 2. The van der Waals surface area contributed by atoms with Crippen LogP contribution in [0, 0.1) is 6.92 Å². The molecular weight excluding hydrogens is 422 g/mol. The van der Waals surface area contributed by atoms with Crippen molar-refractivity contribution in [3.63, 3.8) is 0 Å². The van der Waals surface area contributed by atoms with E-state index in [0.717, 1.165) is 43.3 Å². The van der Waals surface area contributed by atoms with Gasteiger partial charge in [-0.2, -0.15) is 0 Å². The Morgan fingerprint density at radius 1 is 0.906 bits per heavy atom. The normalized spacial score (nSPS) is 14.8. The Balaban J connectivity index is 1.22. The molecule has 1 aliphatic heterocycles. The van der Waals surface area contributed by atoms with Crippen molar-refractivity contribution in [3.05, 3.63) is 76.8 Å². The third kappa shape index (κ3) is 5.79. The molecule has 1 aliphatic rings. The largest absolute Gasteiger partial charge is 0.297 e. The number of amides is 2. The fourth-order valence-electron chi connectivity index (χ4n) is 3.68. The van der Waals surface area contributed by atoms with Gasteiger partial charge >= 0.3 is 0 Å². The third-order valence-electron chi connectivity index (χ3n) is 5.42. The number of benzene rings is 2. The van der Waals surface area contributed by atoms with Crippen molar-refractivity contribution in [2.24, 2.45) is 0 Å². The van der Waals surface area contributed by atoms with Crippen molar-refractivity contribution < 1.29 is 9.59 Å². The number of nitrogens with zero attached hydrogens (tertiary/aromatic N) is 3. The molecule has 2 aromatic carbocycles. The van der Waals surface area contributed by atoms with Crippen LogP contribution in [0.15, 0.2) is 60.7 Å². The molecule has 0 saturated carbocycles. The topological polar surface area (TPSA) is 77.6 Å². The second-order valence-corrected chi connectivity index (χ2v) is 8.84. The molecule has 0 radical (unpaired) electrons. The predicted molar refractivity (Wildman–Crippen MR) is 126 cm³/mol. The number of rotatable bonds is 6. The molecular formula is C24H27N5O2S. The average molecular weight is 450 g/mol. The Hall–Kier alpha value is -3.07. The maximum absolute atomic E-state index is 12.5. The molecule has 3 aromatic rings. The second-order valence-electron chi connectivity index (χ2n) is 7.84. The molecule has 4 rings (SSSR count). The van der Waals surface area contributed by atoms with Gasteiger partial charge < -0.3 is 0 Å². The number of piperazine rings is 1. The summed E-state index contributed by atoms with van der Waals surface area (Å²) in [5.74, 6) is -0.566. The summed E-state index contributed by atoms with van der Waals surface area (Å²) < 4.78 is 0. The van der Waals surface area contributed by atoms with Crippen LogP contribution < -0.4 is 10.9 Å². The molecule has 2 amide bonds. The lowest BCUT2D eigenvalue weighted by molar-refractivity contribution is -0.123. The summed E-state index contributed by atoms with van der Waals surface area (Å²) in [6.07, 6.45) is 0. The number of hydrogen-bond donors (Lipinski definition) is 2. The van der Waals surface area contributed by atoms with E-state index in [9.17, 15) is 9.59 Å². The van der Waals surface area contributed by atoms with Crippen molar-refractivity contribution in [3.8, 4) is 10.6 Å². The molecule has 0 atom stereocenters. The number of aryl methyl sites for hydroxylation is 1. The van der Waals surface area contributed by atoms with Gasteiger partial charge in [-0.1, -0.05) is 60.7 Å². The first kappa shape index (κ1) is 22.1. The molecule has 2 heterocycles. The lowest BCUT2D eigenvalue weighted by Crippen LogP contribution is -2.51. The molecule has 166 valence electrons. The maximum atomic E-state index is 12.5. The van der Waals surface area contributed by atoms with Crippen LogP contribution in [0.2, 0.25) is 0 Å². The van der Waals surface area contributed by atoms with Gasteiger partial charge in [-0.05, 0) is 12.5 Å². The van der Waals surface area contributed by atoms with Gasteiger partial charge in [0.25, 0.3) is 11.8 Å². The van der Waals surface area contributed by atoms with Gasteiger partial charge in [0, 0.05) is 38.3 Å². The van der Waals surface area contributed by atoms with Gasteiger partial charge in [0.05, 0.1) is 12.2 Å². The smallest absolute Gasteiger partial charge is 0.281 e. The highest BCUT2D eigenvalue weighted by atomic mass is 32.1. The maximum Gasteiger partial charge on any atom is 0.281 e. The van der Waals surface area contributed by atoms with Gasteiger partial charge in [0.1, 0.15) is 9.88 Å². The number of hydrazine groups is 1. The minimum absolute atomic E-state index is 0.222. The highest BCUT2D eigenvalue weighted by Gasteiger charge is 2.20. The summed E-state index contributed by atoms with van der Waals surface area (Å²) in [5.41, 5.74) is 7.99. The molecule has 2 N–H and O–H groups in total. The highest BCUT2D eigenvalue weighted by Crippen LogP contribution is 2.27. The SMILES string of the molecule is Cc1nc(-c2ccccc2)sc1C(=O)NNC(=O)CN1CCN(Cc2ccccc2)CC1. The molecule has 7 nitrogen and oxygen atoms in total. The number of hydrogen-bond acceptors (Lipinski definition) is 6. The van der Waals surface area contributed by atoms with Gasteiger partial charge in [0.15, 0.2) is 0 Å². The summed E-state index contributed by atoms with van der Waals surface area (Å²) >= 11 is 1.32. The van der Waals surface area contributed by atoms with Gasteiger partial charge in [-0.25, -0.2) is 4.98 Å². The van der Waals surface area contributed by atoms with E-state index < -0.39 is 0 Å². The molecule has 1 aromatic heterocycles. The van der Waals surface area contributed by atoms with E-state index in [1.54, 1.807) is 6.92 Å². The van der Waals surface area contributed by atoms with Crippen molar-refractivity contribution in [1.29, 1.82) is 0 Å². The van der Waals surface area contributed by atoms with Crippen molar-refractivity contribution in [1.82, 2.24) is 25.6 Å². The van der Waals surface area contributed by atoms with E-state index in [1.165, 1.54) is 16.9 Å². The Morgan fingerprint density at radius 2 is 1.53 bits per heavy atom. The van der Waals surface area contributed by atoms with Crippen molar-refractivity contribution in [2.45, 2.75) is 13.5 Å². The zero-order valence-corrected chi connectivity index (χ0v) is 18.9. The van der Waals surface area contributed by atoms with Crippen LogP contribution in [0.4, 0.5) is 0 Å². The van der Waals surface area contributed by atoms with Crippen molar-refractivity contribution in [2.75, 3.05) is 32.7 Å². The van der Waals surface area contributed by atoms with Crippen LogP contribution in [-0.2, 0) is 11.3 Å². The third-order valence-corrected chi connectivity index (χ3v) is 6.63. The molecule has 0 bridgehead atoms. The van der Waals surface area contributed by atoms with E-state index in [2.05, 4.69) is 49.9 Å². The lowest BCUT2D eigenvalue weighted by atomic mass is 10.2. The van der Waals surface area contributed by atoms with Crippen LogP contribution in [-0.4, -0.2) is 59.3 Å². The zero-order chi connectivity index (χ0) is 22.3. The first-order chi connectivity index (χ1) is 15.6. The lowest BCUT2D eigenvalue weighted by Gasteiger charge is -2.34. The van der Waals surface area contributed by atoms with E-state index in [4.69, 9.17) is 0 Å². The molecule has 0 aliphatic carbocycles. The Labute approximate surface area is 192 Å². The molecule has 0 unspecified atom stereocenters. The minimum Gasteiger partial charge on any atom is -0.297 e. The first-order valence-corrected chi connectivity index (χ1v) is 11.5. The van der Waals surface area contributed by atoms with E-state index in [1.807, 2.05) is 36.4 Å². The standard InChI is InChI=1S/C24H27N5O2S/c1-18-22(32-24(25-18)20-10-6-3-7-11-20)23(31)27-26-21(30)17-29-14-12-28(13-15-29)16-19-8-4-2-5-9-19/h2-11H,12-17H2,1H3,(H,26,30)(H,27,31). The predicted octanol–water partition coefficient (Wildman–Crippen LogP) is 2.70. The highest BCUT2D eigenvalue weighted by molar-refractivity contribution is 7.17. The molecule has 8 heteroatoms. The zero-order valence-electron chi connectivity index (χ0n) is 18.1. The Bertz CT molecular complexity index is 1050. The number of thiazole rings is 1. The average Bonchev–Trinajstić information content (AvgIpc) is 3.22. The van der Waals surface area contributed by atoms with Crippen LogP contribution in [0.5, 0.6) is 0 Å². The second kappa shape index (κ2) is 10.5. The summed E-state index contributed by atoms with van der Waals surface area (Å²) in [4.78, 5) is 34.4. The number of carbonyl (C=O) groups is 2. The first-order valence-electron chi connectivity index (χ1n) is 10.7. The fourth-order valence-corrected chi connectivity index (χ4v) is 4.65. The minimum atomic E-state index is -0.344. The molecule has 1 fully saturated rings. The quantitative estimate of drug-likeness (QED) is 0.566. The fraction of sp³-hybridized carbons (Fsp3) is 0.292. The van der Waals surface area contributed by atoms with Crippen LogP contribution in [0.1, 0.15) is 20.9 Å². The summed E-state index contributed by atoms with van der Waals surface area (Å²) in [7, 11) is 0. The Morgan fingerprint density at radius 3 is 2.22 bits per heavy atom. The summed E-state index contributed by atoms with van der Waals surface area (Å²) in [5, 5.41) is 0.785. The number of aromatic nitrogens is 1. The van der Waals surface area contributed by atoms with E-state index in [-0.39, 0.29) is 18.4 Å². The molecule has 0 spiro atoms. The Kier molecular flexibility index (Phi) is 7.26.